The van der Waals surface area contributed by atoms with Crippen molar-refractivity contribution >= 4 is 22.8 Å². The molecule has 0 bridgehead atoms. The molecule has 0 fully saturated rings. The van der Waals surface area contributed by atoms with E-state index < -0.39 is 35.2 Å². The van der Waals surface area contributed by atoms with Crippen LogP contribution < -0.4 is 0 Å². The van der Waals surface area contributed by atoms with Gasteiger partial charge in [-0.15, -0.1) is 0 Å². The predicted molar refractivity (Wildman–Crippen MR) is 107 cm³/mol. The van der Waals surface area contributed by atoms with Gasteiger partial charge >= 0.3 is 6.18 Å². The van der Waals surface area contributed by atoms with Crippen LogP contribution in [0.15, 0.2) is 47.6 Å². The molecule has 1 atom stereocenters. The zero-order chi connectivity index (χ0) is 23.0. The Morgan fingerprint density at radius 1 is 1.10 bits per heavy atom. The molecule has 1 unspecified atom stereocenters. The van der Waals surface area contributed by atoms with Gasteiger partial charge in [-0.3, -0.25) is 4.99 Å². The lowest BCUT2D eigenvalue weighted by Crippen LogP contribution is -2.50. The lowest BCUT2D eigenvalue weighted by atomic mass is 9.75. The molecule has 4 nitrogen and oxygen atoms in total. The van der Waals surface area contributed by atoms with Crippen molar-refractivity contribution in [1.82, 2.24) is 9.97 Å². The van der Waals surface area contributed by atoms with E-state index in [9.17, 15) is 27.1 Å². The zero-order valence-electron chi connectivity index (χ0n) is 17.0. The Hall–Kier alpha value is -2.94. The van der Waals surface area contributed by atoms with Crippen LogP contribution in [0.3, 0.4) is 0 Å². The van der Waals surface area contributed by atoms with Crippen LogP contribution in [-0.4, -0.2) is 33.1 Å². The molecule has 0 spiro atoms. The molecule has 0 aliphatic heterocycles. The first-order valence-electron chi connectivity index (χ1n) is 9.35. The maximum absolute atomic E-state index is 14.2. The third-order valence-corrected chi connectivity index (χ3v) is 5.00. The Morgan fingerprint density at radius 2 is 1.81 bits per heavy atom. The van der Waals surface area contributed by atoms with Gasteiger partial charge in [-0.2, -0.15) is 13.2 Å². The summed E-state index contributed by atoms with van der Waals surface area (Å²) in [7, 11) is 0. The number of nitrogens with zero attached hydrogens (tertiary/aromatic N) is 3. The minimum Gasteiger partial charge on any atom is -0.376 e. The van der Waals surface area contributed by atoms with E-state index >= 15 is 0 Å². The third kappa shape index (κ3) is 4.71. The van der Waals surface area contributed by atoms with E-state index in [-0.39, 0.29) is 11.3 Å². The van der Waals surface area contributed by atoms with Crippen LogP contribution in [0, 0.1) is 18.6 Å². The van der Waals surface area contributed by atoms with Crippen molar-refractivity contribution in [2.75, 3.05) is 0 Å². The highest BCUT2D eigenvalue weighted by molar-refractivity contribution is 5.91. The standard InChI is InChI=1S/C22H20F5N3O/c1-13-28-10-15-18(5-4-6-19(15)30-13)29-12-21(31,22(25,26)27)11-20(2,3)16-9-14(23)7-8-17(16)24/h4-10,12,31H,11H2,1-3H3/b29-12-. The molecule has 0 radical (unpaired) electrons. The molecule has 9 heteroatoms. The molecular formula is C22H20F5N3O. The van der Waals surface area contributed by atoms with Gasteiger partial charge < -0.3 is 5.11 Å². The fraction of sp³-hybridized carbons (Fsp3) is 0.318. The number of aromatic nitrogens is 2. The molecule has 31 heavy (non-hydrogen) atoms. The summed E-state index contributed by atoms with van der Waals surface area (Å²) < 4.78 is 69.4. The molecular weight excluding hydrogens is 417 g/mol. The smallest absolute Gasteiger partial charge is 0.376 e. The summed E-state index contributed by atoms with van der Waals surface area (Å²) in [5, 5.41) is 11.0. The van der Waals surface area contributed by atoms with Crippen LogP contribution in [0.1, 0.15) is 31.7 Å². The lowest BCUT2D eigenvalue weighted by Gasteiger charge is -2.35. The monoisotopic (exact) mass is 437 g/mol. The van der Waals surface area contributed by atoms with Crippen LogP contribution in [-0.2, 0) is 5.41 Å². The quantitative estimate of drug-likeness (QED) is 0.419. The van der Waals surface area contributed by atoms with Crippen molar-refractivity contribution in [3.8, 4) is 0 Å². The molecule has 0 aliphatic rings. The maximum Gasteiger partial charge on any atom is 0.422 e. The van der Waals surface area contributed by atoms with Crippen molar-refractivity contribution < 1.29 is 27.1 Å². The second-order valence-electron chi connectivity index (χ2n) is 7.99. The summed E-state index contributed by atoms with van der Waals surface area (Å²) in [6.45, 7) is 4.26. The van der Waals surface area contributed by atoms with E-state index in [4.69, 9.17) is 0 Å². The molecule has 1 aromatic heterocycles. The van der Waals surface area contributed by atoms with Gasteiger partial charge in [0, 0.05) is 17.8 Å². The highest BCUT2D eigenvalue weighted by Crippen LogP contribution is 2.41. The van der Waals surface area contributed by atoms with Gasteiger partial charge in [-0.1, -0.05) is 19.9 Å². The van der Waals surface area contributed by atoms with Gasteiger partial charge in [-0.05, 0) is 54.7 Å². The van der Waals surface area contributed by atoms with E-state index in [1.54, 1.807) is 19.1 Å². The van der Waals surface area contributed by atoms with Crippen LogP contribution in [0.25, 0.3) is 10.9 Å². The van der Waals surface area contributed by atoms with E-state index in [1.165, 1.54) is 26.1 Å². The van der Waals surface area contributed by atoms with Gasteiger partial charge in [0.1, 0.15) is 17.5 Å². The normalized spacial score (nSPS) is 14.9. The van der Waals surface area contributed by atoms with Crippen LogP contribution in [0.4, 0.5) is 27.6 Å². The predicted octanol–water partition coefficient (Wildman–Crippen LogP) is 5.58. The fourth-order valence-corrected chi connectivity index (χ4v) is 3.43. The summed E-state index contributed by atoms with van der Waals surface area (Å²) in [6, 6.07) is 7.23. The van der Waals surface area contributed by atoms with Gasteiger partial charge in [-0.25, -0.2) is 18.7 Å². The molecule has 2 aromatic carbocycles. The number of alkyl halides is 3. The lowest BCUT2D eigenvalue weighted by molar-refractivity contribution is -0.234. The highest BCUT2D eigenvalue weighted by atomic mass is 19.4. The number of fused-ring (bicyclic) bond motifs is 1. The molecule has 0 saturated heterocycles. The number of aliphatic hydroxyl groups is 1. The molecule has 1 heterocycles. The number of benzene rings is 2. The Balaban J connectivity index is 2.03. The van der Waals surface area contributed by atoms with Crippen LogP contribution in [0.5, 0.6) is 0 Å². The van der Waals surface area contributed by atoms with E-state index in [0.717, 1.165) is 18.2 Å². The van der Waals surface area contributed by atoms with E-state index in [1.807, 2.05) is 0 Å². The number of hydrogen-bond donors (Lipinski definition) is 1. The number of aryl methyl sites for hydroxylation is 1. The van der Waals surface area contributed by atoms with Crippen molar-refractivity contribution in [3.05, 3.63) is 65.6 Å². The number of halogens is 5. The van der Waals surface area contributed by atoms with Crippen molar-refractivity contribution in [1.29, 1.82) is 0 Å². The average Bonchev–Trinajstić information content (AvgIpc) is 2.66. The zero-order valence-corrected chi connectivity index (χ0v) is 17.0. The number of rotatable bonds is 5. The fourth-order valence-electron chi connectivity index (χ4n) is 3.43. The Bertz CT molecular complexity index is 1140. The summed E-state index contributed by atoms with van der Waals surface area (Å²) in [4.78, 5) is 12.1. The van der Waals surface area contributed by atoms with Crippen LogP contribution in [0.2, 0.25) is 0 Å². The first-order chi connectivity index (χ1) is 14.3. The summed E-state index contributed by atoms with van der Waals surface area (Å²) in [5.74, 6) is -1.17. The van der Waals surface area contributed by atoms with Gasteiger partial charge in [0.15, 0.2) is 5.60 Å². The maximum atomic E-state index is 14.2. The second-order valence-corrected chi connectivity index (χ2v) is 7.99. The molecule has 0 saturated carbocycles. The minimum atomic E-state index is -5.12. The van der Waals surface area contributed by atoms with Gasteiger partial charge in [0.25, 0.3) is 0 Å². The van der Waals surface area contributed by atoms with Gasteiger partial charge in [0.05, 0.1) is 11.2 Å². The molecule has 0 amide bonds. The van der Waals surface area contributed by atoms with Crippen LogP contribution >= 0.6 is 0 Å². The molecule has 0 aliphatic carbocycles. The minimum absolute atomic E-state index is 0.134. The van der Waals surface area contributed by atoms with Crippen molar-refractivity contribution in [2.45, 2.75) is 44.4 Å². The SMILES string of the molecule is Cc1ncc2c(/N=C\C(O)(CC(C)(C)c3cc(F)ccc3F)C(F)(F)F)cccc2n1. The first-order valence-corrected chi connectivity index (χ1v) is 9.35. The molecule has 3 rings (SSSR count). The average molecular weight is 437 g/mol. The largest absolute Gasteiger partial charge is 0.422 e. The Morgan fingerprint density at radius 3 is 2.48 bits per heavy atom. The Kier molecular flexibility index (Phi) is 5.84. The third-order valence-electron chi connectivity index (χ3n) is 5.00. The number of aliphatic imine (C=N–C) groups is 1. The summed E-state index contributed by atoms with van der Waals surface area (Å²) >= 11 is 0. The molecule has 3 aromatic rings. The second kappa shape index (κ2) is 7.96. The number of hydrogen-bond acceptors (Lipinski definition) is 4. The topological polar surface area (TPSA) is 58.4 Å². The summed E-state index contributed by atoms with van der Waals surface area (Å²) in [6.07, 6.45) is -4.27. The summed E-state index contributed by atoms with van der Waals surface area (Å²) in [5.41, 5.74) is -4.63. The van der Waals surface area contributed by atoms with Crippen molar-refractivity contribution in [2.24, 2.45) is 4.99 Å². The van der Waals surface area contributed by atoms with Crippen molar-refractivity contribution in [3.63, 3.8) is 0 Å². The van der Waals surface area contributed by atoms with E-state index in [0.29, 0.717) is 22.9 Å². The highest BCUT2D eigenvalue weighted by Gasteiger charge is 2.55. The molecule has 1 N–H and O–H groups in total. The Labute approximate surface area is 175 Å². The first kappa shape index (κ1) is 22.7. The van der Waals surface area contributed by atoms with E-state index in [2.05, 4.69) is 15.0 Å². The van der Waals surface area contributed by atoms with Gasteiger partial charge in [0.2, 0.25) is 0 Å². The molecule has 164 valence electrons.